The van der Waals surface area contributed by atoms with E-state index in [1.807, 2.05) is 48.5 Å². The number of rotatable bonds is 7. The minimum atomic E-state index is 0.525. The molecule has 0 unspecified atom stereocenters. The van der Waals surface area contributed by atoms with Gasteiger partial charge < -0.3 is 14.5 Å². The first-order valence-corrected chi connectivity index (χ1v) is 7.66. The number of benzene rings is 2. The van der Waals surface area contributed by atoms with Gasteiger partial charge in [0.2, 0.25) is 0 Å². The summed E-state index contributed by atoms with van der Waals surface area (Å²) in [5.74, 6) is 1.72. The number of anilines is 1. The standard InChI is InChI=1S/C19H18N2O2/c20-11-3-4-12-22-17-9-7-16(8-10-17)21-14-18-13-15-5-1-2-6-19(15)23-18/h1-2,5-10,13,21H,3-4,12,14H2. The molecule has 3 rings (SSSR count). The molecule has 0 saturated carbocycles. The summed E-state index contributed by atoms with van der Waals surface area (Å²) in [4.78, 5) is 0. The zero-order valence-corrected chi connectivity index (χ0v) is 12.8. The summed E-state index contributed by atoms with van der Waals surface area (Å²) in [6.07, 6.45) is 1.28. The van der Waals surface area contributed by atoms with E-state index in [0.717, 1.165) is 34.6 Å². The number of ether oxygens (including phenoxy) is 1. The van der Waals surface area contributed by atoms with Crippen molar-refractivity contribution >= 4 is 16.7 Å². The van der Waals surface area contributed by atoms with Gasteiger partial charge in [0, 0.05) is 17.5 Å². The Balaban J connectivity index is 1.53. The van der Waals surface area contributed by atoms with Crippen molar-refractivity contribution in [2.75, 3.05) is 11.9 Å². The largest absolute Gasteiger partial charge is 0.494 e. The maximum Gasteiger partial charge on any atom is 0.134 e. The molecule has 23 heavy (non-hydrogen) atoms. The molecule has 0 atom stereocenters. The number of furan rings is 1. The van der Waals surface area contributed by atoms with Crippen molar-refractivity contribution in [3.8, 4) is 11.8 Å². The molecule has 1 N–H and O–H groups in total. The topological polar surface area (TPSA) is 58.2 Å². The van der Waals surface area contributed by atoms with Gasteiger partial charge in [-0.2, -0.15) is 5.26 Å². The van der Waals surface area contributed by atoms with E-state index >= 15 is 0 Å². The van der Waals surface area contributed by atoms with Gasteiger partial charge in [-0.25, -0.2) is 0 Å². The molecule has 0 radical (unpaired) electrons. The van der Waals surface area contributed by atoms with Gasteiger partial charge in [0.25, 0.3) is 0 Å². The molecular weight excluding hydrogens is 288 g/mol. The van der Waals surface area contributed by atoms with Crippen molar-refractivity contribution in [1.29, 1.82) is 5.26 Å². The molecule has 0 fully saturated rings. The van der Waals surface area contributed by atoms with Crippen molar-refractivity contribution in [1.82, 2.24) is 0 Å². The molecule has 2 aromatic carbocycles. The lowest BCUT2D eigenvalue weighted by atomic mass is 10.2. The number of fused-ring (bicyclic) bond motifs is 1. The molecular formula is C19H18N2O2. The van der Waals surface area contributed by atoms with E-state index in [0.29, 0.717) is 19.6 Å². The SMILES string of the molecule is N#CCCCOc1ccc(NCc2cc3ccccc3o2)cc1. The number of nitrogens with one attached hydrogen (secondary N) is 1. The van der Waals surface area contributed by atoms with Crippen molar-refractivity contribution < 1.29 is 9.15 Å². The Labute approximate surface area is 135 Å². The molecule has 0 aliphatic carbocycles. The number of nitrogens with zero attached hydrogens (tertiary/aromatic N) is 1. The first kappa shape index (κ1) is 15.0. The van der Waals surface area contributed by atoms with Crippen molar-refractivity contribution in [3.05, 3.63) is 60.4 Å². The van der Waals surface area contributed by atoms with Gasteiger partial charge >= 0.3 is 0 Å². The maximum absolute atomic E-state index is 8.48. The van der Waals surface area contributed by atoms with Crippen LogP contribution in [0.2, 0.25) is 0 Å². The van der Waals surface area contributed by atoms with E-state index < -0.39 is 0 Å². The van der Waals surface area contributed by atoms with Gasteiger partial charge in [-0.15, -0.1) is 0 Å². The quantitative estimate of drug-likeness (QED) is 0.641. The van der Waals surface area contributed by atoms with Crippen LogP contribution in [0.5, 0.6) is 5.75 Å². The first-order valence-electron chi connectivity index (χ1n) is 7.66. The molecule has 1 aromatic heterocycles. The molecule has 0 bridgehead atoms. The molecule has 0 aliphatic rings. The van der Waals surface area contributed by atoms with Crippen molar-refractivity contribution in [3.63, 3.8) is 0 Å². The number of nitriles is 1. The molecule has 4 nitrogen and oxygen atoms in total. The van der Waals surface area contributed by atoms with Gasteiger partial charge in [0.1, 0.15) is 17.1 Å². The average Bonchev–Trinajstić information content (AvgIpc) is 3.01. The van der Waals surface area contributed by atoms with Crippen LogP contribution >= 0.6 is 0 Å². The summed E-state index contributed by atoms with van der Waals surface area (Å²) >= 11 is 0. The second-order valence-corrected chi connectivity index (χ2v) is 5.24. The van der Waals surface area contributed by atoms with Crippen LogP contribution in [-0.4, -0.2) is 6.61 Å². The molecule has 3 aromatic rings. The van der Waals surface area contributed by atoms with E-state index in [1.165, 1.54) is 0 Å². The fraction of sp³-hybridized carbons (Fsp3) is 0.211. The predicted molar refractivity (Wildman–Crippen MR) is 90.3 cm³/mol. The molecule has 4 heteroatoms. The van der Waals surface area contributed by atoms with Gasteiger partial charge in [0.05, 0.1) is 19.2 Å². The second-order valence-electron chi connectivity index (χ2n) is 5.24. The van der Waals surface area contributed by atoms with Crippen molar-refractivity contribution in [2.45, 2.75) is 19.4 Å². The monoisotopic (exact) mass is 306 g/mol. The van der Waals surface area contributed by atoms with Crippen LogP contribution < -0.4 is 10.1 Å². The average molecular weight is 306 g/mol. The van der Waals surface area contributed by atoms with Gasteiger partial charge in [-0.1, -0.05) is 18.2 Å². The molecule has 0 saturated heterocycles. The zero-order chi connectivity index (χ0) is 15.9. The third-order valence-electron chi connectivity index (χ3n) is 3.50. The Morgan fingerprint density at radius 1 is 1.09 bits per heavy atom. The number of hydrogen-bond acceptors (Lipinski definition) is 4. The van der Waals surface area contributed by atoms with Crippen LogP contribution in [0, 0.1) is 11.3 Å². The Hall–Kier alpha value is -2.93. The van der Waals surface area contributed by atoms with Gasteiger partial charge in [0.15, 0.2) is 0 Å². The highest BCUT2D eigenvalue weighted by atomic mass is 16.5. The summed E-state index contributed by atoms with van der Waals surface area (Å²) in [5.41, 5.74) is 1.92. The highest BCUT2D eigenvalue weighted by Crippen LogP contribution is 2.21. The van der Waals surface area contributed by atoms with Crippen LogP contribution in [-0.2, 0) is 6.54 Å². The van der Waals surface area contributed by atoms with Crippen LogP contribution in [0.25, 0.3) is 11.0 Å². The maximum atomic E-state index is 8.48. The number of unbranched alkanes of at least 4 members (excludes halogenated alkanes) is 1. The summed E-state index contributed by atoms with van der Waals surface area (Å²) in [6, 6.07) is 19.9. The highest BCUT2D eigenvalue weighted by Gasteiger charge is 2.03. The Kier molecular flexibility index (Phi) is 4.80. The lowest BCUT2D eigenvalue weighted by Gasteiger charge is -2.07. The van der Waals surface area contributed by atoms with Crippen LogP contribution in [0.3, 0.4) is 0 Å². The van der Waals surface area contributed by atoms with Gasteiger partial charge in [-0.05, 0) is 42.8 Å². The lowest BCUT2D eigenvalue weighted by molar-refractivity contribution is 0.313. The van der Waals surface area contributed by atoms with Crippen LogP contribution in [0.15, 0.2) is 59.0 Å². The third-order valence-corrected chi connectivity index (χ3v) is 3.50. The summed E-state index contributed by atoms with van der Waals surface area (Å²) < 4.78 is 11.3. The number of hydrogen-bond donors (Lipinski definition) is 1. The number of para-hydroxylation sites is 1. The first-order chi connectivity index (χ1) is 11.3. The smallest absolute Gasteiger partial charge is 0.134 e. The molecule has 0 aliphatic heterocycles. The van der Waals surface area contributed by atoms with E-state index in [4.69, 9.17) is 14.4 Å². The van der Waals surface area contributed by atoms with Crippen molar-refractivity contribution in [2.24, 2.45) is 0 Å². The summed E-state index contributed by atoms with van der Waals surface area (Å²) in [7, 11) is 0. The summed E-state index contributed by atoms with van der Waals surface area (Å²) in [5, 5.41) is 12.9. The van der Waals surface area contributed by atoms with E-state index in [1.54, 1.807) is 0 Å². The minimum Gasteiger partial charge on any atom is -0.494 e. The Morgan fingerprint density at radius 2 is 1.91 bits per heavy atom. The molecule has 1 heterocycles. The predicted octanol–water partition coefficient (Wildman–Crippen LogP) is 4.73. The van der Waals surface area contributed by atoms with Crippen LogP contribution in [0.1, 0.15) is 18.6 Å². The lowest BCUT2D eigenvalue weighted by Crippen LogP contribution is -1.99. The summed E-state index contributed by atoms with van der Waals surface area (Å²) in [6.45, 7) is 1.20. The van der Waals surface area contributed by atoms with Gasteiger partial charge in [-0.3, -0.25) is 0 Å². The molecule has 0 spiro atoms. The molecule has 0 amide bonds. The fourth-order valence-corrected chi connectivity index (χ4v) is 2.32. The van der Waals surface area contributed by atoms with E-state index in [2.05, 4.69) is 17.5 Å². The highest BCUT2D eigenvalue weighted by molar-refractivity contribution is 5.77. The van der Waals surface area contributed by atoms with Crippen LogP contribution in [0.4, 0.5) is 5.69 Å². The minimum absolute atomic E-state index is 0.525. The van der Waals surface area contributed by atoms with E-state index in [9.17, 15) is 0 Å². The second kappa shape index (κ2) is 7.37. The fourth-order valence-electron chi connectivity index (χ4n) is 2.32. The third kappa shape index (κ3) is 4.04. The normalized spacial score (nSPS) is 10.4. The van der Waals surface area contributed by atoms with E-state index in [-0.39, 0.29) is 0 Å². The Morgan fingerprint density at radius 3 is 2.70 bits per heavy atom. The Bertz CT molecular complexity index is 767. The molecule has 116 valence electrons. The zero-order valence-electron chi connectivity index (χ0n) is 12.8.